The van der Waals surface area contributed by atoms with Crippen molar-refractivity contribution in [2.24, 2.45) is 5.10 Å². The Morgan fingerprint density at radius 1 is 1.07 bits per heavy atom. The van der Waals surface area contributed by atoms with Gasteiger partial charge >= 0.3 is 5.91 Å². The van der Waals surface area contributed by atoms with Crippen molar-refractivity contribution >= 4 is 23.1 Å². The lowest BCUT2D eigenvalue weighted by Gasteiger charge is -2.10. The third-order valence-electron chi connectivity index (χ3n) is 2.24. The first-order valence-electron chi connectivity index (χ1n) is 4.60. The standard InChI is InChI=1S/C11H10N2O2/c1-7-3-5-9(6-4-7)13-11(15)10(14)8(2)12-13/h3-6H,1-2H3. The molecule has 1 heterocycles. The van der Waals surface area contributed by atoms with E-state index in [-0.39, 0.29) is 5.71 Å². The Balaban J connectivity index is 2.37. The molecule has 0 N–H and O–H groups in total. The van der Waals surface area contributed by atoms with Gasteiger partial charge in [0.2, 0.25) is 0 Å². The van der Waals surface area contributed by atoms with E-state index in [0.29, 0.717) is 5.69 Å². The Morgan fingerprint density at radius 2 is 1.67 bits per heavy atom. The number of hydrazone groups is 1. The number of Topliss-reactive ketones (excluding diaryl/α,β-unsaturated/α-hetero) is 1. The van der Waals surface area contributed by atoms with Gasteiger partial charge in [0.25, 0.3) is 5.78 Å². The van der Waals surface area contributed by atoms with Crippen molar-refractivity contribution in [2.45, 2.75) is 13.8 Å². The minimum absolute atomic E-state index is 0.237. The number of benzene rings is 1. The minimum Gasteiger partial charge on any atom is -0.282 e. The van der Waals surface area contributed by atoms with Crippen molar-refractivity contribution < 1.29 is 9.59 Å². The number of ketones is 1. The topological polar surface area (TPSA) is 49.7 Å². The summed E-state index contributed by atoms with van der Waals surface area (Å²) in [5, 5.41) is 5.04. The fourth-order valence-electron chi connectivity index (χ4n) is 1.35. The molecule has 1 aromatic rings. The summed E-state index contributed by atoms with van der Waals surface area (Å²) >= 11 is 0. The van der Waals surface area contributed by atoms with Crippen molar-refractivity contribution in [3.8, 4) is 0 Å². The summed E-state index contributed by atoms with van der Waals surface area (Å²) in [5.74, 6) is -1.12. The van der Waals surface area contributed by atoms with Crippen molar-refractivity contribution in [1.82, 2.24) is 0 Å². The summed E-state index contributed by atoms with van der Waals surface area (Å²) in [4.78, 5) is 22.7. The molecule has 0 aliphatic carbocycles. The molecule has 1 aliphatic rings. The van der Waals surface area contributed by atoms with E-state index in [1.165, 1.54) is 6.92 Å². The van der Waals surface area contributed by atoms with E-state index in [2.05, 4.69) is 5.10 Å². The van der Waals surface area contributed by atoms with Gasteiger partial charge in [0.1, 0.15) is 5.71 Å². The molecule has 0 bridgehead atoms. The summed E-state index contributed by atoms with van der Waals surface area (Å²) in [6, 6.07) is 7.28. The van der Waals surface area contributed by atoms with Crippen LogP contribution >= 0.6 is 0 Å². The summed E-state index contributed by atoms with van der Waals surface area (Å²) in [6.45, 7) is 3.49. The highest BCUT2D eigenvalue weighted by atomic mass is 16.2. The number of hydrogen-bond acceptors (Lipinski definition) is 3. The zero-order valence-corrected chi connectivity index (χ0v) is 8.52. The van der Waals surface area contributed by atoms with Crippen LogP contribution in [0.2, 0.25) is 0 Å². The second kappa shape index (κ2) is 3.31. The van der Waals surface area contributed by atoms with Crippen molar-refractivity contribution in [3.05, 3.63) is 29.8 Å². The van der Waals surface area contributed by atoms with E-state index >= 15 is 0 Å². The molecule has 0 saturated carbocycles. The van der Waals surface area contributed by atoms with Crippen LogP contribution in [0.5, 0.6) is 0 Å². The molecule has 1 amide bonds. The zero-order chi connectivity index (χ0) is 11.0. The molecule has 0 fully saturated rings. The first-order valence-corrected chi connectivity index (χ1v) is 4.60. The maximum Gasteiger partial charge on any atom is 0.321 e. The van der Waals surface area contributed by atoms with E-state index in [0.717, 1.165) is 10.6 Å². The number of anilines is 1. The maximum atomic E-state index is 11.5. The maximum absolute atomic E-state index is 11.5. The number of carbonyl (C=O) groups is 2. The molecule has 4 nitrogen and oxygen atoms in total. The first kappa shape index (κ1) is 9.58. The van der Waals surface area contributed by atoms with Crippen LogP contribution in [0.3, 0.4) is 0 Å². The molecule has 0 atom stereocenters. The van der Waals surface area contributed by atoms with Crippen molar-refractivity contribution in [1.29, 1.82) is 0 Å². The lowest BCUT2D eigenvalue weighted by Crippen LogP contribution is -2.26. The van der Waals surface area contributed by atoms with Gasteiger partial charge in [-0.25, -0.2) is 0 Å². The molecule has 0 radical (unpaired) electrons. The van der Waals surface area contributed by atoms with Gasteiger partial charge < -0.3 is 0 Å². The number of hydrogen-bond donors (Lipinski definition) is 0. The van der Waals surface area contributed by atoms with Gasteiger partial charge in [-0.15, -0.1) is 0 Å². The molecular formula is C11H10N2O2. The SMILES string of the molecule is CC1=NN(c2ccc(C)cc2)C(=O)C1=O. The number of carbonyl (C=O) groups excluding carboxylic acids is 2. The summed E-state index contributed by atoms with van der Waals surface area (Å²) < 4.78 is 0. The highest BCUT2D eigenvalue weighted by Gasteiger charge is 2.31. The smallest absolute Gasteiger partial charge is 0.282 e. The average molecular weight is 202 g/mol. The van der Waals surface area contributed by atoms with E-state index in [9.17, 15) is 9.59 Å². The fraction of sp³-hybridized carbons (Fsp3) is 0.182. The van der Waals surface area contributed by atoms with E-state index in [1.807, 2.05) is 19.1 Å². The normalized spacial score (nSPS) is 15.9. The number of rotatable bonds is 1. The molecule has 15 heavy (non-hydrogen) atoms. The van der Waals surface area contributed by atoms with Crippen LogP contribution in [0.25, 0.3) is 0 Å². The Bertz CT molecular complexity index is 460. The van der Waals surface area contributed by atoms with Crippen molar-refractivity contribution in [3.63, 3.8) is 0 Å². The molecule has 0 unspecified atom stereocenters. The summed E-state index contributed by atoms with van der Waals surface area (Å²) in [7, 11) is 0. The van der Waals surface area contributed by atoms with Crippen LogP contribution in [-0.4, -0.2) is 17.4 Å². The molecule has 76 valence electrons. The van der Waals surface area contributed by atoms with Crippen LogP contribution in [0.4, 0.5) is 5.69 Å². The van der Waals surface area contributed by atoms with Crippen LogP contribution in [0.15, 0.2) is 29.4 Å². The minimum atomic E-state index is -0.587. The van der Waals surface area contributed by atoms with Gasteiger partial charge in [0.15, 0.2) is 0 Å². The second-order valence-electron chi connectivity index (χ2n) is 3.47. The predicted molar refractivity (Wildman–Crippen MR) is 56.8 cm³/mol. The van der Waals surface area contributed by atoms with E-state index in [1.54, 1.807) is 12.1 Å². The summed E-state index contributed by atoms with van der Waals surface area (Å²) in [5.41, 5.74) is 1.95. The quantitative estimate of drug-likeness (QED) is 0.644. The van der Waals surface area contributed by atoms with Gasteiger partial charge in [0.05, 0.1) is 5.69 Å². The average Bonchev–Trinajstić information content (AvgIpc) is 2.47. The highest BCUT2D eigenvalue weighted by molar-refractivity contribution is 6.69. The number of aryl methyl sites for hydroxylation is 1. The molecule has 2 rings (SSSR count). The molecule has 0 spiro atoms. The number of nitrogens with zero attached hydrogens (tertiary/aromatic N) is 2. The molecular weight excluding hydrogens is 192 g/mol. The largest absolute Gasteiger partial charge is 0.321 e. The highest BCUT2D eigenvalue weighted by Crippen LogP contribution is 2.19. The van der Waals surface area contributed by atoms with E-state index < -0.39 is 11.7 Å². The molecule has 0 saturated heterocycles. The fourth-order valence-corrected chi connectivity index (χ4v) is 1.35. The predicted octanol–water partition coefficient (Wildman–Crippen LogP) is 1.29. The molecule has 4 heteroatoms. The zero-order valence-electron chi connectivity index (χ0n) is 8.52. The van der Waals surface area contributed by atoms with Gasteiger partial charge in [0, 0.05) is 0 Å². The third-order valence-corrected chi connectivity index (χ3v) is 2.24. The Hall–Kier alpha value is -1.97. The third kappa shape index (κ3) is 1.54. The molecule has 1 aromatic carbocycles. The Kier molecular flexibility index (Phi) is 2.11. The van der Waals surface area contributed by atoms with Gasteiger partial charge in [-0.1, -0.05) is 17.7 Å². The monoisotopic (exact) mass is 202 g/mol. The Labute approximate surface area is 87.2 Å². The van der Waals surface area contributed by atoms with Crippen LogP contribution in [0, 0.1) is 6.92 Å². The van der Waals surface area contributed by atoms with Crippen molar-refractivity contribution in [2.75, 3.05) is 5.01 Å². The molecule has 0 aromatic heterocycles. The lowest BCUT2D eigenvalue weighted by atomic mass is 10.2. The van der Waals surface area contributed by atoms with Gasteiger partial charge in [-0.3, -0.25) is 9.59 Å². The lowest BCUT2D eigenvalue weighted by molar-refractivity contribution is -0.131. The molecule has 1 aliphatic heterocycles. The Morgan fingerprint density at radius 3 is 2.13 bits per heavy atom. The number of amides is 1. The van der Waals surface area contributed by atoms with Gasteiger partial charge in [-0.2, -0.15) is 10.1 Å². The van der Waals surface area contributed by atoms with Crippen LogP contribution < -0.4 is 5.01 Å². The first-order chi connectivity index (χ1) is 7.09. The summed E-state index contributed by atoms with van der Waals surface area (Å²) in [6.07, 6.45) is 0. The van der Waals surface area contributed by atoms with E-state index in [4.69, 9.17) is 0 Å². The van der Waals surface area contributed by atoms with Crippen LogP contribution in [-0.2, 0) is 9.59 Å². The van der Waals surface area contributed by atoms with Gasteiger partial charge in [-0.05, 0) is 26.0 Å². The van der Waals surface area contributed by atoms with Crippen LogP contribution in [0.1, 0.15) is 12.5 Å². The second-order valence-corrected chi connectivity index (χ2v) is 3.47.